The quantitative estimate of drug-likeness (QED) is 0.709. The first kappa shape index (κ1) is 8.98. The largest absolute Gasteiger partial charge is 0.392 e. The van der Waals surface area contributed by atoms with Crippen molar-refractivity contribution >= 4 is 0 Å². The molecule has 2 N–H and O–H groups in total. The molecule has 1 rings (SSSR count). The van der Waals surface area contributed by atoms with E-state index in [1.165, 1.54) is 0 Å². The fraction of sp³-hybridized carbons (Fsp3) is 0.600. The highest BCUT2D eigenvalue weighted by molar-refractivity contribution is 4.87. The van der Waals surface area contributed by atoms with Crippen LogP contribution in [0.4, 0.5) is 13.2 Å². The Balaban J connectivity index is 2.56. The molecule has 0 radical (unpaired) electrons. The van der Waals surface area contributed by atoms with E-state index < -0.39 is 18.7 Å². The Morgan fingerprint density at radius 2 is 2.25 bits per heavy atom. The first-order chi connectivity index (χ1) is 5.49. The van der Waals surface area contributed by atoms with Crippen LogP contribution in [0.5, 0.6) is 0 Å². The predicted molar refractivity (Wildman–Crippen MR) is 32.0 cm³/mol. The summed E-state index contributed by atoms with van der Waals surface area (Å²) in [6.45, 7) is 0. The van der Waals surface area contributed by atoms with Crippen molar-refractivity contribution in [1.82, 2.24) is 15.2 Å². The zero-order valence-corrected chi connectivity index (χ0v) is 5.84. The van der Waals surface area contributed by atoms with Gasteiger partial charge in [-0.2, -0.15) is 18.3 Å². The lowest BCUT2D eigenvalue weighted by atomic mass is 10.2. The van der Waals surface area contributed by atoms with Crippen LogP contribution in [-0.2, 0) is 0 Å². The van der Waals surface area contributed by atoms with Gasteiger partial charge in [0.15, 0.2) is 5.82 Å². The van der Waals surface area contributed by atoms with E-state index in [0.717, 1.165) is 6.33 Å². The molecule has 0 bridgehead atoms. The summed E-state index contributed by atoms with van der Waals surface area (Å²) in [5.41, 5.74) is 0. The molecular formula is C5H6F3N3O. The number of alkyl halides is 3. The topological polar surface area (TPSA) is 61.8 Å². The van der Waals surface area contributed by atoms with Crippen LogP contribution in [0.2, 0.25) is 0 Å². The van der Waals surface area contributed by atoms with E-state index in [9.17, 15) is 13.2 Å². The van der Waals surface area contributed by atoms with Crippen molar-refractivity contribution in [3.8, 4) is 0 Å². The minimum absolute atomic E-state index is 0.174. The first-order valence-electron chi connectivity index (χ1n) is 3.09. The molecule has 7 heteroatoms. The number of halogens is 3. The number of nitrogens with zero attached hydrogens (tertiary/aromatic N) is 2. The maximum atomic E-state index is 11.7. The second-order valence-electron chi connectivity index (χ2n) is 2.21. The second-order valence-corrected chi connectivity index (χ2v) is 2.21. The van der Waals surface area contributed by atoms with Crippen molar-refractivity contribution in [1.29, 1.82) is 0 Å². The number of rotatable bonds is 2. The zero-order chi connectivity index (χ0) is 9.19. The Kier molecular flexibility index (Phi) is 2.32. The van der Waals surface area contributed by atoms with Crippen LogP contribution in [0.15, 0.2) is 6.33 Å². The molecule has 0 saturated carbocycles. The van der Waals surface area contributed by atoms with Crippen molar-refractivity contribution in [2.24, 2.45) is 0 Å². The number of aliphatic hydroxyl groups excluding tert-OH is 1. The lowest BCUT2D eigenvalue weighted by molar-refractivity contribution is -0.155. The molecule has 0 fully saturated rings. The van der Waals surface area contributed by atoms with Crippen molar-refractivity contribution in [3.05, 3.63) is 12.2 Å². The third kappa shape index (κ3) is 2.50. The van der Waals surface area contributed by atoms with Crippen molar-refractivity contribution in [2.45, 2.75) is 18.7 Å². The molecule has 1 atom stereocenters. The van der Waals surface area contributed by atoms with Crippen LogP contribution >= 0.6 is 0 Å². The summed E-state index contributed by atoms with van der Waals surface area (Å²) < 4.78 is 35.0. The van der Waals surface area contributed by atoms with E-state index in [1.807, 2.05) is 0 Å². The Morgan fingerprint density at radius 3 is 2.67 bits per heavy atom. The molecule has 1 heterocycles. The first-order valence-corrected chi connectivity index (χ1v) is 3.09. The number of nitrogens with one attached hydrogen (secondary N) is 1. The highest BCUT2D eigenvalue weighted by Crippen LogP contribution is 2.27. The van der Waals surface area contributed by atoms with Gasteiger partial charge in [-0.05, 0) is 0 Å². The molecule has 0 spiro atoms. The van der Waals surface area contributed by atoms with Crippen LogP contribution < -0.4 is 0 Å². The Morgan fingerprint density at radius 1 is 1.58 bits per heavy atom. The summed E-state index contributed by atoms with van der Waals surface area (Å²) >= 11 is 0. The summed E-state index contributed by atoms with van der Waals surface area (Å²) in [6.07, 6.45) is -6.34. The smallest absolute Gasteiger partial charge is 0.385 e. The number of aromatic nitrogens is 3. The van der Waals surface area contributed by atoms with Gasteiger partial charge in [-0.1, -0.05) is 0 Å². The van der Waals surface area contributed by atoms with Crippen LogP contribution in [-0.4, -0.2) is 26.5 Å². The summed E-state index contributed by atoms with van der Waals surface area (Å²) in [4.78, 5) is 3.38. The Hall–Kier alpha value is -1.11. The van der Waals surface area contributed by atoms with E-state index in [2.05, 4.69) is 15.2 Å². The standard InChI is InChI=1S/C5H6F3N3O/c6-5(7,8)1-3(12)4-9-2-10-11-4/h2-3,12H,1H2,(H,9,10,11). The van der Waals surface area contributed by atoms with Crippen molar-refractivity contribution in [3.63, 3.8) is 0 Å². The van der Waals surface area contributed by atoms with Crippen LogP contribution in [0, 0.1) is 0 Å². The van der Waals surface area contributed by atoms with Gasteiger partial charge in [0, 0.05) is 0 Å². The molecule has 0 amide bonds. The summed E-state index contributed by atoms with van der Waals surface area (Å²) in [6, 6.07) is 0. The van der Waals surface area contributed by atoms with Gasteiger partial charge in [0.2, 0.25) is 0 Å². The Bertz CT molecular complexity index is 233. The van der Waals surface area contributed by atoms with Gasteiger partial charge < -0.3 is 5.11 Å². The van der Waals surface area contributed by atoms with Gasteiger partial charge in [0.25, 0.3) is 0 Å². The molecule has 0 aliphatic carbocycles. The van der Waals surface area contributed by atoms with E-state index in [0.29, 0.717) is 0 Å². The van der Waals surface area contributed by atoms with Gasteiger partial charge in [0.05, 0.1) is 6.42 Å². The zero-order valence-electron chi connectivity index (χ0n) is 5.84. The summed E-state index contributed by atoms with van der Waals surface area (Å²) in [5, 5.41) is 14.3. The van der Waals surface area contributed by atoms with E-state index in [1.54, 1.807) is 0 Å². The minimum Gasteiger partial charge on any atom is -0.385 e. The number of H-pyrrole nitrogens is 1. The van der Waals surface area contributed by atoms with Crippen LogP contribution in [0.25, 0.3) is 0 Å². The minimum atomic E-state index is -4.40. The maximum absolute atomic E-state index is 11.7. The van der Waals surface area contributed by atoms with E-state index >= 15 is 0 Å². The van der Waals surface area contributed by atoms with E-state index in [4.69, 9.17) is 5.11 Å². The monoisotopic (exact) mass is 181 g/mol. The molecule has 0 aliphatic rings. The SMILES string of the molecule is OC(CC(F)(F)F)c1ncn[nH]1. The molecule has 1 aromatic heterocycles. The number of hydrogen-bond donors (Lipinski definition) is 2. The molecule has 1 unspecified atom stereocenters. The van der Waals surface area contributed by atoms with Crippen LogP contribution in [0.1, 0.15) is 18.3 Å². The molecule has 12 heavy (non-hydrogen) atoms. The molecule has 4 nitrogen and oxygen atoms in total. The average Bonchev–Trinajstić information content (AvgIpc) is 2.32. The van der Waals surface area contributed by atoms with Crippen molar-refractivity contribution in [2.75, 3.05) is 0 Å². The van der Waals surface area contributed by atoms with Gasteiger partial charge in [-0.3, -0.25) is 5.10 Å². The van der Waals surface area contributed by atoms with Crippen molar-refractivity contribution < 1.29 is 18.3 Å². The lowest BCUT2D eigenvalue weighted by Crippen LogP contribution is -2.14. The highest BCUT2D eigenvalue weighted by atomic mass is 19.4. The number of aromatic amines is 1. The van der Waals surface area contributed by atoms with Gasteiger partial charge in [-0.15, -0.1) is 0 Å². The third-order valence-corrected chi connectivity index (χ3v) is 1.17. The molecule has 0 saturated heterocycles. The fourth-order valence-electron chi connectivity index (χ4n) is 0.691. The average molecular weight is 181 g/mol. The molecular weight excluding hydrogens is 175 g/mol. The number of hydrogen-bond acceptors (Lipinski definition) is 3. The molecule has 0 aromatic carbocycles. The van der Waals surface area contributed by atoms with Gasteiger partial charge >= 0.3 is 6.18 Å². The maximum Gasteiger partial charge on any atom is 0.392 e. The summed E-state index contributed by atoms with van der Waals surface area (Å²) in [5.74, 6) is -0.174. The molecule has 68 valence electrons. The van der Waals surface area contributed by atoms with Gasteiger partial charge in [0.1, 0.15) is 12.4 Å². The normalized spacial score (nSPS) is 14.7. The highest BCUT2D eigenvalue weighted by Gasteiger charge is 2.32. The van der Waals surface area contributed by atoms with E-state index in [-0.39, 0.29) is 5.82 Å². The van der Waals surface area contributed by atoms with Crippen LogP contribution in [0.3, 0.4) is 0 Å². The fourth-order valence-corrected chi connectivity index (χ4v) is 0.691. The number of aliphatic hydroxyl groups is 1. The lowest BCUT2D eigenvalue weighted by Gasteiger charge is -2.09. The second kappa shape index (κ2) is 3.10. The Labute approximate surface area is 65.4 Å². The third-order valence-electron chi connectivity index (χ3n) is 1.17. The predicted octanol–water partition coefficient (Wildman–Crippen LogP) is 0.790. The molecule has 0 aliphatic heterocycles. The van der Waals surface area contributed by atoms with Gasteiger partial charge in [-0.25, -0.2) is 4.98 Å². The molecule has 1 aromatic rings. The summed E-state index contributed by atoms with van der Waals surface area (Å²) in [7, 11) is 0.